The van der Waals surface area contributed by atoms with Crippen LogP contribution in [0.5, 0.6) is 0 Å². The maximum atomic E-state index is 12.2. The molecule has 118 valence electrons. The zero-order valence-corrected chi connectivity index (χ0v) is 14.0. The summed E-state index contributed by atoms with van der Waals surface area (Å²) >= 11 is 6.22. The number of likely N-dealkylation sites (tertiary alicyclic amines) is 1. The summed E-state index contributed by atoms with van der Waals surface area (Å²) in [6.07, 6.45) is 3.77. The van der Waals surface area contributed by atoms with Gasteiger partial charge in [-0.1, -0.05) is 25.4 Å². The minimum atomic E-state index is -0.212. The number of anilines is 1. The second-order valence-electron chi connectivity index (χ2n) is 6.45. The Bertz CT molecular complexity index is 543. The number of piperidine rings is 1. The number of rotatable bonds is 4. The highest BCUT2D eigenvalue weighted by atomic mass is 35.5. The lowest BCUT2D eigenvalue weighted by Crippen LogP contribution is -2.43. The van der Waals surface area contributed by atoms with Gasteiger partial charge in [-0.05, 0) is 32.7 Å². The van der Waals surface area contributed by atoms with Crippen molar-refractivity contribution >= 4 is 17.3 Å². The zero-order chi connectivity index (χ0) is 15.6. The summed E-state index contributed by atoms with van der Waals surface area (Å²) in [6.45, 7) is 7.95. The van der Waals surface area contributed by atoms with Crippen LogP contribution in [0.2, 0.25) is 5.02 Å². The van der Waals surface area contributed by atoms with Crippen LogP contribution in [-0.2, 0) is 6.54 Å². The standard InChI is InChI=1S/C15H25ClN4O/c1-10(2)9-20-15(21)14(16)13(8-17-20)18-12-5-6-19(4)11(3)7-12/h8,10-12,18H,5-7,9H2,1-4H3. The molecule has 0 amide bonds. The maximum Gasteiger partial charge on any atom is 0.287 e. The van der Waals surface area contributed by atoms with Crippen LogP contribution in [0.3, 0.4) is 0 Å². The van der Waals surface area contributed by atoms with Crippen LogP contribution in [0.1, 0.15) is 33.6 Å². The molecule has 1 aromatic heterocycles. The Balaban J connectivity index is 2.11. The van der Waals surface area contributed by atoms with Gasteiger partial charge in [0, 0.05) is 25.2 Å². The van der Waals surface area contributed by atoms with Crippen molar-refractivity contribution in [1.82, 2.24) is 14.7 Å². The summed E-state index contributed by atoms with van der Waals surface area (Å²) in [5.41, 5.74) is 0.444. The molecular formula is C15H25ClN4O. The molecule has 0 aromatic carbocycles. The lowest BCUT2D eigenvalue weighted by atomic mass is 9.99. The second-order valence-corrected chi connectivity index (χ2v) is 6.83. The first-order valence-electron chi connectivity index (χ1n) is 7.61. The van der Waals surface area contributed by atoms with Crippen molar-refractivity contribution in [2.45, 2.75) is 52.2 Å². The average Bonchev–Trinajstić information content (AvgIpc) is 2.42. The van der Waals surface area contributed by atoms with E-state index in [0.29, 0.717) is 30.2 Å². The van der Waals surface area contributed by atoms with Gasteiger partial charge in [0.25, 0.3) is 5.56 Å². The van der Waals surface area contributed by atoms with E-state index >= 15 is 0 Å². The molecular weight excluding hydrogens is 288 g/mol. The van der Waals surface area contributed by atoms with Crippen molar-refractivity contribution in [2.75, 3.05) is 18.9 Å². The van der Waals surface area contributed by atoms with E-state index in [1.165, 1.54) is 4.68 Å². The normalized spacial score (nSPS) is 23.5. The predicted molar refractivity (Wildman–Crippen MR) is 87.1 cm³/mol. The second kappa shape index (κ2) is 6.79. The fourth-order valence-corrected chi connectivity index (χ4v) is 2.88. The molecule has 2 unspecified atom stereocenters. The highest BCUT2D eigenvalue weighted by molar-refractivity contribution is 6.32. The van der Waals surface area contributed by atoms with Crippen molar-refractivity contribution in [1.29, 1.82) is 0 Å². The first-order valence-corrected chi connectivity index (χ1v) is 7.98. The lowest BCUT2D eigenvalue weighted by Gasteiger charge is -2.35. The van der Waals surface area contributed by atoms with Gasteiger partial charge < -0.3 is 10.2 Å². The fraction of sp³-hybridized carbons (Fsp3) is 0.733. The van der Waals surface area contributed by atoms with Gasteiger partial charge in [-0.3, -0.25) is 4.79 Å². The van der Waals surface area contributed by atoms with Crippen molar-refractivity contribution < 1.29 is 0 Å². The van der Waals surface area contributed by atoms with E-state index in [2.05, 4.69) is 29.3 Å². The largest absolute Gasteiger partial charge is 0.380 e. The molecule has 0 saturated carbocycles. The summed E-state index contributed by atoms with van der Waals surface area (Å²) in [7, 11) is 2.14. The SMILES string of the molecule is CC(C)Cn1ncc(NC2CCN(C)C(C)C2)c(Cl)c1=O. The van der Waals surface area contributed by atoms with Crippen molar-refractivity contribution in [3.8, 4) is 0 Å². The monoisotopic (exact) mass is 312 g/mol. The number of halogens is 1. The lowest BCUT2D eigenvalue weighted by molar-refractivity contribution is 0.190. The number of nitrogens with one attached hydrogen (secondary N) is 1. The summed E-state index contributed by atoms with van der Waals surface area (Å²) in [4.78, 5) is 14.5. The minimum absolute atomic E-state index is 0.212. The smallest absolute Gasteiger partial charge is 0.287 e. The van der Waals surface area contributed by atoms with E-state index in [0.717, 1.165) is 19.4 Å². The van der Waals surface area contributed by atoms with Gasteiger partial charge in [0.15, 0.2) is 0 Å². The first-order chi connectivity index (χ1) is 9.88. The number of hydrogen-bond donors (Lipinski definition) is 1. The van der Waals surface area contributed by atoms with Gasteiger partial charge in [-0.2, -0.15) is 5.10 Å². The Hall–Kier alpha value is -1.07. The van der Waals surface area contributed by atoms with E-state index in [9.17, 15) is 4.79 Å². The molecule has 2 rings (SSSR count). The van der Waals surface area contributed by atoms with Crippen LogP contribution in [0.25, 0.3) is 0 Å². The molecule has 1 aliphatic heterocycles. The number of nitrogens with zero attached hydrogens (tertiary/aromatic N) is 3. The Kier molecular flexibility index (Phi) is 5.27. The minimum Gasteiger partial charge on any atom is -0.380 e. The van der Waals surface area contributed by atoms with Crippen LogP contribution >= 0.6 is 11.6 Å². The molecule has 2 heterocycles. The van der Waals surface area contributed by atoms with E-state index in [1.807, 2.05) is 13.8 Å². The van der Waals surface area contributed by atoms with Crippen LogP contribution < -0.4 is 10.9 Å². The van der Waals surface area contributed by atoms with Gasteiger partial charge in [0.1, 0.15) is 5.02 Å². The highest BCUT2D eigenvalue weighted by Crippen LogP contribution is 2.22. The first kappa shape index (κ1) is 16.3. The molecule has 1 aromatic rings. The highest BCUT2D eigenvalue weighted by Gasteiger charge is 2.23. The topological polar surface area (TPSA) is 50.2 Å². The van der Waals surface area contributed by atoms with Gasteiger partial charge in [0.05, 0.1) is 11.9 Å². The van der Waals surface area contributed by atoms with E-state index in [4.69, 9.17) is 11.6 Å². The third-order valence-electron chi connectivity index (χ3n) is 4.09. The van der Waals surface area contributed by atoms with Gasteiger partial charge in [-0.15, -0.1) is 0 Å². The predicted octanol–water partition coefficient (Wildman–Crippen LogP) is 2.45. The van der Waals surface area contributed by atoms with Crippen molar-refractivity contribution in [3.05, 3.63) is 21.6 Å². The van der Waals surface area contributed by atoms with Gasteiger partial charge >= 0.3 is 0 Å². The Morgan fingerprint density at radius 1 is 1.52 bits per heavy atom. The molecule has 0 spiro atoms. The van der Waals surface area contributed by atoms with Crippen molar-refractivity contribution in [3.63, 3.8) is 0 Å². The third-order valence-corrected chi connectivity index (χ3v) is 4.46. The molecule has 6 heteroatoms. The third kappa shape index (κ3) is 3.98. The molecule has 5 nitrogen and oxygen atoms in total. The molecule has 21 heavy (non-hydrogen) atoms. The Morgan fingerprint density at radius 2 is 2.24 bits per heavy atom. The van der Waals surface area contributed by atoms with Crippen LogP contribution in [0.4, 0.5) is 5.69 Å². The van der Waals surface area contributed by atoms with E-state index < -0.39 is 0 Å². The Morgan fingerprint density at radius 3 is 2.86 bits per heavy atom. The fourth-order valence-electron chi connectivity index (χ4n) is 2.68. The summed E-state index contributed by atoms with van der Waals surface area (Å²) in [5.74, 6) is 0.361. The Labute approximate surface area is 131 Å². The van der Waals surface area contributed by atoms with Crippen LogP contribution in [0.15, 0.2) is 11.0 Å². The molecule has 0 aliphatic carbocycles. The van der Waals surface area contributed by atoms with Gasteiger partial charge in [-0.25, -0.2) is 4.68 Å². The molecule has 1 N–H and O–H groups in total. The average molecular weight is 313 g/mol. The van der Waals surface area contributed by atoms with E-state index in [1.54, 1.807) is 6.20 Å². The maximum absolute atomic E-state index is 12.2. The zero-order valence-electron chi connectivity index (χ0n) is 13.3. The van der Waals surface area contributed by atoms with Crippen LogP contribution in [0, 0.1) is 5.92 Å². The molecule has 2 atom stereocenters. The quantitative estimate of drug-likeness (QED) is 0.928. The number of aromatic nitrogens is 2. The summed E-state index contributed by atoms with van der Waals surface area (Å²) in [6, 6.07) is 0.875. The van der Waals surface area contributed by atoms with E-state index in [-0.39, 0.29) is 10.6 Å². The van der Waals surface area contributed by atoms with Gasteiger partial charge in [0.2, 0.25) is 0 Å². The molecule has 0 bridgehead atoms. The van der Waals surface area contributed by atoms with Crippen LogP contribution in [-0.4, -0.2) is 40.4 Å². The molecule has 1 aliphatic rings. The number of hydrogen-bond acceptors (Lipinski definition) is 4. The van der Waals surface area contributed by atoms with Crippen molar-refractivity contribution in [2.24, 2.45) is 5.92 Å². The molecule has 1 fully saturated rings. The molecule has 0 radical (unpaired) electrons. The molecule has 1 saturated heterocycles. The summed E-state index contributed by atoms with van der Waals surface area (Å²) in [5, 5.41) is 7.86. The summed E-state index contributed by atoms with van der Waals surface area (Å²) < 4.78 is 1.44.